The molecule has 0 bridgehead atoms. The van der Waals surface area contributed by atoms with Gasteiger partial charge in [0.1, 0.15) is 0 Å². The van der Waals surface area contributed by atoms with E-state index in [0.29, 0.717) is 11.3 Å². The Morgan fingerprint density at radius 3 is 2.82 bits per heavy atom. The molecule has 0 aliphatic carbocycles. The molecular formula is C12H13N3O2. The van der Waals surface area contributed by atoms with Crippen LogP contribution in [-0.4, -0.2) is 12.1 Å². The van der Waals surface area contributed by atoms with Crippen molar-refractivity contribution in [2.24, 2.45) is 5.11 Å². The Bertz CT molecular complexity index is 474. The summed E-state index contributed by atoms with van der Waals surface area (Å²) in [5.74, 6) is -0.421. The van der Waals surface area contributed by atoms with Gasteiger partial charge >= 0.3 is 5.97 Å². The minimum Gasteiger partial charge on any atom is -0.460 e. The van der Waals surface area contributed by atoms with Crippen molar-refractivity contribution in [3.63, 3.8) is 0 Å². The molecule has 1 rings (SSSR count). The summed E-state index contributed by atoms with van der Waals surface area (Å²) in [6, 6.07) is 6.98. The summed E-state index contributed by atoms with van der Waals surface area (Å²) < 4.78 is 4.94. The van der Waals surface area contributed by atoms with Gasteiger partial charge in [-0.15, -0.1) is 0 Å². The van der Waals surface area contributed by atoms with Gasteiger partial charge in [-0.1, -0.05) is 29.4 Å². The van der Waals surface area contributed by atoms with Crippen molar-refractivity contribution >= 4 is 17.7 Å². The van der Waals surface area contributed by atoms with Gasteiger partial charge in [-0.2, -0.15) is 0 Å². The Labute approximate surface area is 99.3 Å². The highest BCUT2D eigenvalue weighted by molar-refractivity contribution is 5.88. The number of carbonyl (C=O) groups excluding carboxylic acids is 1. The highest BCUT2D eigenvalue weighted by Gasteiger charge is 2.01. The molecule has 5 nitrogen and oxygen atoms in total. The van der Waals surface area contributed by atoms with Crippen LogP contribution in [0.2, 0.25) is 0 Å². The first kappa shape index (κ1) is 12.8. The summed E-state index contributed by atoms with van der Waals surface area (Å²) in [6.07, 6.45) is 2.72. The largest absolute Gasteiger partial charge is 0.460 e. The van der Waals surface area contributed by atoms with Crippen molar-refractivity contribution in [1.82, 2.24) is 0 Å². The zero-order valence-electron chi connectivity index (χ0n) is 9.70. The van der Waals surface area contributed by atoms with Gasteiger partial charge in [-0.05, 0) is 31.0 Å². The third-order valence-corrected chi connectivity index (χ3v) is 1.84. The molecule has 0 saturated carbocycles. The van der Waals surface area contributed by atoms with Crippen molar-refractivity contribution in [2.45, 2.75) is 20.0 Å². The fraction of sp³-hybridized carbons (Fsp3) is 0.250. The van der Waals surface area contributed by atoms with Crippen LogP contribution in [-0.2, 0) is 9.53 Å². The number of hydrogen-bond donors (Lipinski definition) is 0. The molecule has 5 heteroatoms. The van der Waals surface area contributed by atoms with Gasteiger partial charge < -0.3 is 4.74 Å². The highest BCUT2D eigenvalue weighted by atomic mass is 16.5. The fourth-order valence-corrected chi connectivity index (χ4v) is 1.20. The van der Waals surface area contributed by atoms with Gasteiger partial charge in [0.25, 0.3) is 0 Å². The molecule has 0 spiro atoms. The second kappa shape index (κ2) is 6.35. The molecule has 1 aromatic rings. The molecule has 0 heterocycles. The van der Waals surface area contributed by atoms with E-state index in [2.05, 4.69) is 10.0 Å². The Morgan fingerprint density at radius 2 is 2.18 bits per heavy atom. The summed E-state index contributed by atoms with van der Waals surface area (Å²) in [6.45, 7) is 3.55. The number of azide groups is 1. The maximum atomic E-state index is 11.3. The summed E-state index contributed by atoms with van der Waals surface area (Å²) in [4.78, 5) is 14.0. The number of carbonyl (C=O) groups is 1. The van der Waals surface area contributed by atoms with Gasteiger partial charge in [-0.3, -0.25) is 0 Å². The predicted molar refractivity (Wildman–Crippen MR) is 65.5 cm³/mol. The van der Waals surface area contributed by atoms with Gasteiger partial charge in [0.15, 0.2) is 0 Å². The second-order valence-electron chi connectivity index (χ2n) is 3.57. The molecule has 1 aromatic carbocycles. The van der Waals surface area contributed by atoms with E-state index in [1.54, 1.807) is 44.2 Å². The SMILES string of the molecule is CC(C)OC(=O)/C=C/c1ccccc1N=[N+]=[N-]. The Morgan fingerprint density at radius 1 is 1.47 bits per heavy atom. The van der Waals surface area contributed by atoms with Crippen LogP contribution in [0.1, 0.15) is 19.4 Å². The first-order valence-electron chi connectivity index (χ1n) is 5.16. The van der Waals surface area contributed by atoms with Crippen molar-refractivity contribution in [3.05, 3.63) is 46.3 Å². The van der Waals surface area contributed by atoms with Crippen molar-refractivity contribution < 1.29 is 9.53 Å². The quantitative estimate of drug-likeness (QED) is 0.261. The summed E-state index contributed by atoms with van der Waals surface area (Å²) in [7, 11) is 0. The molecule has 0 fully saturated rings. The summed E-state index contributed by atoms with van der Waals surface area (Å²) in [5, 5.41) is 3.52. The zero-order valence-corrected chi connectivity index (χ0v) is 9.70. The van der Waals surface area contributed by atoms with E-state index in [1.165, 1.54) is 6.08 Å². The standard InChI is InChI=1S/C12H13N3O2/c1-9(2)17-12(16)8-7-10-5-3-4-6-11(10)14-15-13/h3-9H,1-2H3/b8-7+. The molecule has 17 heavy (non-hydrogen) atoms. The molecule has 0 aliphatic rings. The van der Waals surface area contributed by atoms with Crippen LogP contribution >= 0.6 is 0 Å². The van der Waals surface area contributed by atoms with Crippen LogP contribution in [0.25, 0.3) is 16.5 Å². The van der Waals surface area contributed by atoms with Gasteiger partial charge in [0.2, 0.25) is 0 Å². The van der Waals surface area contributed by atoms with Crippen LogP contribution < -0.4 is 0 Å². The molecular weight excluding hydrogens is 218 g/mol. The number of nitrogens with zero attached hydrogens (tertiary/aromatic N) is 3. The van der Waals surface area contributed by atoms with E-state index in [1.807, 2.05) is 0 Å². The lowest BCUT2D eigenvalue weighted by atomic mass is 10.1. The van der Waals surface area contributed by atoms with Crippen LogP contribution in [0.3, 0.4) is 0 Å². The van der Waals surface area contributed by atoms with E-state index in [0.717, 1.165) is 0 Å². The second-order valence-corrected chi connectivity index (χ2v) is 3.57. The van der Waals surface area contributed by atoms with Gasteiger partial charge in [0.05, 0.1) is 6.10 Å². The molecule has 0 atom stereocenters. The molecule has 88 valence electrons. The van der Waals surface area contributed by atoms with Crippen LogP contribution in [0.5, 0.6) is 0 Å². The zero-order chi connectivity index (χ0) is 12.7. The summed E-state index contributed by atoms with van der Waals surface area (Å²) in [5.41, 5.74) is 9.53. The third-order valence-electron chi connectivity index (χ3n) is 1.84. The van der Waals surface area contributed by atoms with Crippen molar-refractivity contribution in [3.8, 4) is 0 Å². The smallest absolute Gasteiger partial charge is 0.331 e. The van der Waals surface area contributed by atoms with Crippen molar-refractivity contribution in [2.75, 3.05) is 0 Å². The van der Waals surface area contributed by atoms with E-state index in [9.17, 15) is 4.79 Å². The van der Waals surface area contributed by atoms with Crippen LogP contribution in [0.4, 0.5) is 5.69 Å². The first-order valence-corrected chi connectivity index (χ1v) is 5.16. The maximum absolute atomic E-state index is 11.3. The average molecular weight is 231 g/mol. The molecule has 0 N–H and O–H groups in total. The Hall–Kier alpha value is -2.26. The van der Waals surface area contributed by atoms with Crippen LogP contribution in [0, 0.1) is 0 Å². The third kappa shape index (κ3) is 4.40. The molecule has 0 saturated heterocycles. The van der Waals surface area contributed by atoms with E-state index < -0.39 is 5.97 Å². The monoisotopic (exact) mass is 231 g/mol. The lowest BCUT2D eigenvalue weighted by Gasteiger charge is -2.04. The topological polar surface area (TPSA) is 75.1 Å². The Kier molecular flexibility index (Phi) is 4.78. The Balaban J connectivity index is 2.84. The summed E-state index contributed by atoms with van der Waals surface area (Å²) >= 11 is 0. The predicted octanol–water partition coefficient (Wildman–Crippen LogP) is 3.59. The number of benzene rings is 1. The average Bonchev–Trinajstić information content (AvgIpc) is 2.27. The highest BCUT2D eigenvalue weighted by Crippen LogP contribution is 2.20. The number of ether oxygens (including phenoxy) is 1. The minimum atomic E-state index is -0.421. The molecule has 0 unspecified atom stereocenters. The molecule has 0 amide bonds. The van der Waals surface area contributed by atoms with Crippen molar-refractivity contribution in [1.29, 1.82) is 0 Å². The lowest BCUT2D eigenvalue weighted by molar-refractivity contribution is -0.141. The minimum absolute atomic E-state index is 0.153. The first-order chi connectivity index (χ1) is 8.13. The number of hydrogen-bond acceptors (Lipinski definition) is 3. The van der Waals surface area contributed by atoms with Crippen LogP contribution in [0.15, 0.2) is 35.5 Å². The van der Waals surface area contributed by atoms with E-state index in [4.69, 9.17) is 10.3 Å². The number of rotatable bonds is 4. The molecule has 0 aromatic heterocycles. The number of esters is 1. The van der Waals surface area contributed by atoms with Gasteiger partial charge in [-0.25, -0.2) is 4.79 Å². The normalized spacial score (nSPS) is 10.3. The van der Waals surface area contributed by atoms with E-state index >= 15 is 0 Å². The fourth-order valence-electron chi connectivity index (χ4n) is 1.20. The van der Waals surface area contributed by atoms with E-state index in [-0.39, 0.29) is 6.10 Å². The maximum Gasteiger partial charge on any atom is 0.331 e. The molecule has 0 aliphatic heterocycles. The van der Waals surface area contributed by atoms with Gasteiger partial charge in [0, 0.05) is 16.7 Å². The molecule has 0 radical (unpaired) electrons. The lowest BCUT2D eigenvalue weighted by Crippen LogP contribution is -2.08.